The minimum Gasteiger partial charge on any atom is -0.497 e. The van der Waals surface area contributed by atoms with Gasteiger partial charge >= 0.3 is 5.63 Å². The van der Waals surface area contributed by atoms with Crippen LogP contribution >= 0.6 is 0 Å². The minimum atomic E-state index is -0.641. The number of hydrogen-bond acceptors (Lipinski definition) is 6. The highest BCUT2D eigenvalue weighted by molar-refractivity contribution is 5.95. The number of aliphatic hydroxyl groups excluding tert-OH is 1. The number of rotatable bonds is 6. The SMILES string of the molecule is COc1ccc(CCc2cc(C)c(C(=O)N3CCOCC3CO)c(=O)o2)cc1. The smallest absolute Gasteiger partial charge is 0.349 e. The molecule has 1 unspecified atom stereocenters. The minimum absolute atomic E-state index is 0.0218. The Bertz CT molecular complexity index is 873. The van der Waals surface area contributed by atoms with E-state index in [2.05, 4.69) is 0 Å². The number of aryl methyl sites for hydroxylation is 3. The standard InChI is InChI=1S/C21H25NO6/c1-14-11-18(8-5-15-3-6-17(26-2)7-4-15)28-21(25)19(14)20(24)22-9-10-27-13-16(22)12-23/h3-4,6-7,11,16,23H,5,8-10,12-13H2,1-2H3. The second-order valence-corrected chi connectivity index (χ2v) is 6.82. The molecule has 1 aliphatic rings. The third-order valence-corrected chi connectivity index (χ3v) is 4.93. The van der Waals surface area contributed by atoms with Gasteiger partial charge in [0.15, 0.2) is 0 Å². The predicted octanol–water partition coefficient (Wildman–Crippen LogP) is 1.58. The molecule has 1 aliphatic heterocycles. The van der Waals surface area contributed by atoms with Crippen LogP contribution in [-0.4, -0.2) is 55.4 Å². The molecule has 150 valence electrons. The topological polar surface area (TPSA) is 89.2 Å². The third kappa shape index (κ3) is 4.43. The maximum Gasteiger partial charge on any atom is 0.349 e. The van der Waals surface area contributed by atoms with Crippen LogP contribution in [0.2, 0.25) is 0 Å². The molecular formula is C21H25NO6. The van der Waals surface area contributed by atoms with Crippen LogP contribution in [0.1, 0.15) is 27.2 Å². The van der Waals surface area contributed by atoms with Crippen molar-refractivity contribution in [1.29, 1.82) is 0 Å². The van der Waals surface area contributed by atoms with E-state index < -0.39 is 17.6 Å². The average molecular weight is 387 g/mol. The van der Waals surface area contributed by atoms with Gasteiger partial charge in [0, 0.05) is 13.0 Å². The van der Waals surface area contributed by atoms with Gasteiger partial charge in [-0.15, -0.1) is 0 Å². The molecule has 1 amide bonds. The number of methoxy groups -OCH3 is 1. The number of hydrogen-bond donors (Lipinski definition) is 1. The van der Waals surface area contributed by atoms with Gasteiger partial charge in [0.05, 0.1) is 33.0 Å². The van der Waals surface area contributed by atoms with Gasteiger partial charge in [-0.25, -0.2) is 4.79 Å². The second-order valence-electron chi connectivity index (χ2n) is 6.82. The largest absolute Gasteiger partial charge is 0.497 e. The zero-order valence-electron chi connectivity index (χ0n) is 16.1. The summed E-state index contributed by atoms with van der Waals surface area (Å²) in [6.07, 6.45) is 1.25. The fourth-order valence-corrected chi connectivity index (χ4v) is 3.33. The summed E-state index contributed by atoms with van der Waals surface area (Å²) in [7, 11) is 1.62. The highest BCUT2D eigenvalue weighted by Gasteiger charge is 2.30. The van der Waals surface area contributed by atoms with Crippen LogP contribution in [0.3, 0.4) is 0 Å². The number of carbonyl (C=O) groups is 1. The van der Waals surface area contributed by atoms with Crippen LogP contribution in [-0.2, 0) is 17.6 Å². The van der Waals surface area contributed by atoms with E-state index in [9.17, 15) is 14.7 Å². The highest BCUT2D eigenvalue weighted by atomic mass is 16.5. The van der Waals surface area contributed by atoms with E-state index in [0.717, 1.165) is 11.3 Å². The van der Waals surface area contributed by atoms with E-state index in [1.165, 1.54) is 4.90 Å². The lowest BCUT2D eigenvalue weighted by Crippen LogP contribution is -2.51. The summed E-state index contributed by atoms with van der Waals surface area (Å²) in [5, 5.41) is 9.47. The lowest BCUT2D eigenvalue weighted by molar-refractivity contribution is -0.0186. The molecule has 2 heterocycles. The Kier molecular flexibility index (Phi) is 6.49. The molecule has 1 fully saturated rings. The molecule has 1 aromatic heterocycles. The first kappa shape index (κ1) is 20.1. The van der Waals surface area contributed by atoms with Crippen molar-refractivity contribution in [2.75, 3.05) is 33.5 Å². The molecule has 1 saturated heterocycles. The molecule has 2 aromatic rings. The van der Waals surface area contributed by atoms with Crippen molar-refractivity contribution in [3.8, 4) is 5.75 Å². The normalized spacial score (nSPS) is 16.8. The summed E-state index contributed by atoms with van der Waals surface area (Å²) >= 11 is 0. The molecule has 1 aromatic carbocycles. The molecule has 0 bridgehead atoms. The Labute approximate surface area is 163 Å². The van der Waals surface area contributed by atoms with Crippen LogP contribution in [0.5, 0.6) is 5.75 Å². The lowest BCUT2D eigenvalue weighted by Gasteiger charge is -2.34. The Morgan fingerprint density at radius 3 is 2.68 bits per heavy atom. The van der Waals surface area contributed by atoms with Gasteiger partial charge in [0.25, 0.3) is 5.91 Å². The number of ether oxygens (including phenoxy) is 2. The molecule has 0 aliphatic carbocycles. The second kappa shape index (κ2) is 9.03. The van der Waals surface area contributed by atoms with E-state index in [0.29, 0.717) is 37.3 Å². The van der Waals surface area contributed by atoms with Crippen molar-refractivity contribution in [1.82, 2.24) is 4.90 Å². The van der Waals surface area contributed by atoms with Gasteiger partial charge in [-0.05, 0) is 42.7 Å². The van der Waals surface area contributed by atoms with E-state index >= 15 is 0 Å². The zero-order valence-corrected chi connectivity index (χ0v) is 16.1. The molecule has 7 heteroatoms. The summed E-state index contributed by atoms with van der Waals surface area (Å²) in [4.78, 5) is 26.8. The first-order chi connectivity index (χ1) is 13.5. The fourth-order valence-electron chi connectivity index (χ4n) is 3.33. The molecule has 3 rings (SSSR count). The summed E-state index contributed by atoms with van der Waals surface area (Å²) in [6.45, 7) is 2.49. The summed E-state index contributed by atoms with van der Waals surface area (Å²) < 4.78 is 15.9. The van der Waals surface area contributed by atoms with Crippen LogP contribution in [0, 0.1) is 6.92 Å². The van der Waals surface area contributed by atoms with Crippen molar-refractivity contribution in [2.24, 2.45) is 0 Å². The van der Waals surface area contributed by atoms with E-state index in [4.69, 9.17) is 13.9 Å². The van der Waals surface area contributed by atoms with Crippen molar-refractivity contribution in [3.05, 3.63) is 63.2 Å². The predicted molar refractivity (Wildman–Crippen MR) is 103 cm³/mol. The number of benzene rings is 1. The van der Waals surface area contributed by atoms with E-state index in [-0.39, 0.29) is 18.8 Å². The number of amides is 1. The van der Waals surface area contributed by atoms with Crippen molar-refractivity contribution in [3.63, 3.8) is 0 Å². The van der Waals surface area contributed by atoms with Crippen molar-refractivity contribution in [2.45, 2.75) is 25.8 Å². The van der Waals surface area contributed by atoms with E-state index in [1.807, 2.05) is 24.3 Å². The molecule has 7 nitrogen and oxygen atoms in total. The number of nitrogens with zero attached hydrogens (tertiary/aromatic N) is 1. The molecular weight excluding hydrogens is 362 g/mol. The monoisotopic (exact) mass is 387 g/mol. The maximum absolute atomic E-state index is 12.8. The van der Waals surface area contributed by atoms with Crippen molar-refractivity contribution < 1.29 is 23.8 Å². The van der Waals surface area contributed by atoms with Gasteiger partial charge in [-0.1, -0.05) is 12.1 Å². The van der Waals surface area contributed by atoms with Gasteiger partial charge in [-0.2, -0.15) is 0 Å². The quantitative estimate of drug-likeness (QED) is 0.809. The molecule has 28 heavy (non-hydrogen) atoms. The van der Waals surface area contributed by atoms with Crippen molar-refractivity contribution >= 4 is 5.91 Å². The summed E-state index contributed by atoms with van der Waals surface area (Å²) in [5.41, 5.74) is 1.06. The molecule has 0 saturated carbocycles. The Morgan fingerprint density at radius 1 is 1.29 bits per heavy atom. The zero-order chi connectivity index (χ0) is 20.1. The van der Waals surface area contributed by atoms with Gasteiger partial charge in [-0.3, -0.25) is 4.79 Å². The summed E-state index contributed by atoms with van der Waals surface area (Å²) in [5.74, 6) is 0.907. The van der Waals surface area contributed by atoms with Gasteiger partial charge in [0.1, 0.15) is 17.1 Å². The fraction of sp³-hybridized carbons (Fsp3) is 0.429. The Hall–Kier alpha value is -2.64. The molecule has 0 radical (unpaired) electrons. The molecule has 1 atom stereocenters. The number of carbonyl (C=O) groups excluding carboxylic acids is 1. The highest BCUT2D eigenvalue weighted by Crippen LogP contribution is 2.17. The Morgan fingerprint density at radius 2 is 2.04 bits per heavy atom. The number of aliphatic hydroxyl groups is 1. The lowest BCUT2D eigenvalue weighted by atomic mass is 10.0. The van der Waals surface area contributed by atoms with Crippen LogP contribution in [0.15, 0.2) is 39.5 Å². The molecule has 1 N–H and O–H groups in total. The van der Waals surface area contributed by atoms with Crippen LogP contribution < -0.4 is 10.4 Å². The number of morpholine rings is 1. The van der Waals surface area contributed by atoms with Crippen LogP contribution in [0.4, 0.5) is 0 Å². The van der Waals surface area contributed by atoms with Gasteiger partial charge in [0.2, 0.25) is 0 Å². The first-order valence-corrected chi connectivity index (χ1v) is 9.29. The molecule has 0 spiro atoms. The average Bonchev–Trinajstić information content (AvgIpc) is 2.72. The summed E-state index contributed by atoms with van der Waals surface area (Å²) in [6, 6.07) is 9.00. The maximum atomic E-state index is 12.8. The van der Waals surface area contributed by atoms with E-state index in [1.54, 1.807) is 20.1 Å². The third-order valence-electron chi connectivity index (χ3n) is 4.93. The van der Waals surface area contributed by atoms with Crippen LogP contribution in [0.25, 0.3) is 0 Å². The first-order valence-electron chi connectivity index (χ1n) is 9.29. The Balaban J connectivity index is 1.74. The van der Waals surface area contributed by atoms with Gasteiger partial charge < -0.3 is 23.9 Å².